The van der Waals surface area contributed by atoms with Gasteiger partial charge < -0.3 is 10.1 Å². The topological polar surface area (TPSA) is 115 Å². The van der Waals surface area contributed by atoms with Gasteiger partial charge in [-0.1, -0.05) is 18.2 Å². The molecule has 1 heterocycles. The Hall–Kier alpha value is -3.88. The van der Waals surface area contributed by atoms with Crippen LogP contribution in [0.2, 0.25) is 0 Å². The van der Waals surface area contributed by atoms with Gasteiger partial charge in [0.25, 0.3) is 5.88 Å². The lowest BCUT2D eigenvalue weighted by atomic mass is 10.3. The molecule has 0 saturated carbocycles. The van der Waals surface area contributed by atoms with Gasteiger partial charge in [0.1, 0.15) is 6.33 Å². The molecule has 9 heteroatoms. The zero-order valence-electron chi connectivity index (χ0n) is 13.7. The Labute approximate surface area is 148 Å². The highest BCUT2D eigenvalue weighted by atomic mass is 16.6. The summed E-state index contributed by atoms with van der Waals surface area (Å²) < 4.78 is 4.92. The van der Waals surface area contributed by atoms with E-state index in [-0.39, 0.29) is 17.4 Å². The van der Waals surface area contributed by atoms with E-state index in [1.54, 1.807) is 24.3 Å². The quantitative estimate of drug-likeness (QED) is 0.396. The smallest absolute Gasteiger partial charge is 0.373 e. The van der Waals surface area contributed by atoms with Crippen molar-refractivity contribution in [2.45, 2.75) is 0 Å². The number of rotatable bonds is 6. The molecule has 9 nitrogen and oxygen atoms in total. The third-order valence-electron chi connectivity index (χ3n) is 3.33. The van der Waals surface area contributed by atoms with Gasteiger partial charge in [0.05, 0.1) is 23.4 Å². The van der Waals surface area contributed by atoms with Crippen molar-refractivity contribution in [3.63, 3.8) is 0 Å². The number of aromatic nitrogens is 2. The normalized spacial score (nSPS) is 10.7. The third kappa shape index (κ3) is 3.96. The van der Waals surface area contributed by atoms with Gasteiger partial charge in [-0.2, -0.15) is 15.2 Å². The molecule has 0 atom stereocenters. The van der Waals surface area contributed by atoms with Crippen molar-refractivity contribution in [1.29, 1.82) is 0 Å². The highest BCUT2D eigenvalue weighted by Gasteiger charge is 2.23. The van der Waals surface area contributed by atoms with Gasteiger partial charge in [0, 0.05) is 5.69 Å². The molecule has 1 N–H and O–H groups in total. The minimum Gasteiger partial charge on any atom is -0.476 e. The Morgan fingerprint density at radius 1 is 1.00 bits per heavy atom. The standard InChI is InChI=1S/C17H14N6O3/c1-26-17-15(23(24)25)16(18-11-19-17)20-12-7-9-14(10-8-12)22-21-13-5-3-2-4-6-13/h2-11H,1H3,(H,18,19,20). The van der Waals surface area contributed by atoms with E-state index in [4.69, 9.17) is 4.74 Å². The van der Waals surface area contributed by atoms with Crippen molar-refractivity contribution in [2.24, 2.45) is 10.2 Å². The van der Waals surface area contributed by atoms with Gasteiger partial charge in [-0.05, 0) is 36.4 Å². The van der Waals surface area contributed by atoms with Crippen molar-refractivity contribution in [3.8, 4) is 5.88 Å². The van der Waals surface area contributed by atoms with E-state index in [0.717, 1.165) is 5.69 Å². The molecule has 130 valence electrons. The molecule has 0 aliphatic heterocycles. The summed E-state index contributed by atoms with van der Waals surface area (Å²) in [4.78, 5) is 18.3. The Morgan fingerprint density at radius 2 is 1.65 bits per heavy atom. The average molecular weight is 350 g/mol. The molecule has 0 spiro atoms. The van der Waals surface area contributed by atoms with E-state index < -0.39 is 4.92 Å². The number of anilines is 2. The number of benzene rings is 2. The fourth-order valence-corrected chi connectivity index (χ4v) is 2.13. The molecule has 0 fully saturated rings. The van der Waals surface area contributed by atoms with Crippen LogP contribution in [0.4, 0.5) is 28.6 Å². The highest BCUT2D eigenvalue weighted by Crippen LogP contribution is 2.32. The van der Waals surface area contributed by atoms with E-state index in [9.17, 15) is 10.1 Å². The molecule has 2 aromatic carbocycles. The maximum atomic E-state index is 11.2. The Morgan fingerprint density at radius 3 is 2.27 bits per heavy atom. The number of azo groups is 1. The zero-order chi connectivity index (χ0) is 18.4. The van der Waals surface area contributed by atoms with Gasteiger partial charge in [-0.25, -0.2) is 4.98 Å². The minimum atomic E-state index is -0.594. The Kier molecular flexibility index (Phi) is 5.08. The number of nitro groups is 1. The summed E-state index contributed by atoms with van der Waals surface area (Å²) >= 11 is 0. The highest BCUT2D eigenvalue weighted by molar-refractivity contribution is 5.69. The molecule has 0 bridgehead atoms. The monoisotopic (exact) mass is 350 g/mol. The van der Waals surface area contributed by atoms with E-state index in [1.165, 1.54) is 13.4 Å². The van der Waals surface area contributed by atoms with E-state index >= 15 is 0 Å². The van der Waals surface area contributed by atoms with Crippen molar-refractivity contribution >= 4 is 28.6 Å². The SMILES string of the molecule is COc1ncnc(Nc2ccc(N=Nc3ccccc3)cc2)c1[N+](=O)[O-]. The summed E-state index contributed by atoms with van der Waals surface area (Å²) in [6.07, 6.45) is 1.19. The number of ether oxygens (including phenoxy) is 1. The summed E-state index contributed by atoms with van der Waals surface area (Å²) in [5.74, 6) is -0.0682. The van der Waals surface area contributed by atoms with Crippen LogP contribution in [-0.2, 0) is 0 Å². The summed E-state index contributed by atoms with van der Waals surface area (Å²) in [6, 6.07) is 16.3. The maximum absolute atomic E-state index is 11.2. The molecule has 3 aromatic rings. The van der Waals surface area contributed by atoms with E-state index in [2.05, 4.69) is 25.5 Å². The predicted molar refractivity (Wildman–Crippen MR) is 95.6 cm³/mol. The fourth-order valence-electron chi connectivity index (χ4n) is 2.13. The first-order valence-corrected chi connectivity index (χ1v) is 7.54. The zero-order valence-corrected chi connectivity index (χ0v) is 13.7. The van der Waals surface area contributed by atoms with Crippen LogP contribution in [0.15, 0.2) is 71.2 Å². The summed E-state index contributed by atoms with van der Waals surface area (Å²) in [7, 11) is 1.31. The van der Waals surface area contributed by atoms with Gasteiger partial charge in [-0.15, -0.1) is 0 Å². The first-order chi connectivity index (χ1) is 12.7. The molecule has 0 unspecified atom stereocenters. The van der Waals surface area contributed by atoms with Crippen LogP contribution in [0.3, 0.4) is 0 Å². The molecule has 0 saturated heterocycles. The van der Waals surface area contributed by atoms with Gasteiger partial charge in [0.2, 0.25) is 5.82 Å². The number of methoxy groups -OCH3 is 1. The number of nitrogens with zero attached hydrogens (tertiary/aromatic N) is 5. The first-order valence-electron chi connectivity index (χ1n) is 7.54. The second-order valence-electron chi connectivity index (χ2n) is 5.04. The molecule has 1 aromatic heterocycles. The van der Waals surface area contributed by atoms with Crippen LogP contribution < -0.4 is 10.1 Å². The molecule has 3 rings (SSSR count). The van der Waals surface area contributed by atoms with Crippen molar-refractivity contribution < 1.29 is 9.66 Å². The van der Waals surface area contributed by atoms with Crippen LogP contribution in [0.1, 0.15) is 0 Å². The second kappa shape index (κ2) is 7.79. The largest absolute Gasteiger partial charge is 0.476 e. The van der Waals surface area contributed by atoms with Crippen LogP contribution >= 0.6 is 0 Å². The maximum Gasteiger partial charge on any atom is 0.373 e. The summed E-state index contributed by atoms with van der Waals surface area (Å²) in [5, 5.41) is 22.4. The Balaban J connectivity index is 1.78. The molecule has 0 aliphatic rings. The van der Waals surface area contributed by atoms with Crippen LogP contribution in [0.25, 0.3) is 0 Å². The first kappa shape index (κ1) is 17.0. The van der Waals surface area contributed by atoms with E-state index in [1.807, 2.05) is 30.3 Å². The molecular weight excluding hydrogens is 336 g/mol. The Bertz CT molecular complexity index is 929. The lowest BCUT2D eigenvalue weighted by molar-refractivity contribution is -0.385. The lowest BCUT2D eigenvalue weighted by Gasteiger charge is -2.07. The predicted octanol–water partition coefficient (Wildman–Crippen LogP) is 4.55. The van der Waals surface area contributed by atoms with Crippen LogP contribution in [-0.4, -0.2) is 22.0 Å². The summed E-state index contributed by atoms with van der Waals surface area (Å²) in [5.41, 5.74) is 1.67. The minimum absolute atomic E-state index is 0.0421. The number of hydrogen-bond acceptors (Lipinski definition) is 8. The molecule has 26 heavy (non-hydrogen) atoms. The second-order valence-corrected chi connectivity index (χ2v) is 5.04. The molecular formula is C17H14N6O3. The van der Waals surface area contributed by atoms with Crippen LogP contribution in [0.5, 0.6) is 5.88 Å². The van der Waals surface area contributed by atoms with Gasteiger partial charge >= 0.3 is 5.69 Å². The number of hydrogen-bond donors (Lipinski definition) is 1. The fraction of sp³-hybridized carbons (Fsp3) is 0.0588. The summed E-state index contributed by atoms with van der Waals surface area (Å²) in [6.45, 7) is 0. The third-order valence-corrected chi connectivity index (χ3v) is 3.33. The van der Waals surface area contributed by atoms with Crippen LogP contribution in [0, 0.1) is 10.1 Å². The number of nitrogens with one attached hydrogen (secondary N) is 1. The average Bonchev–Trinajstić information content (AvgIpc) is 2.68. The molecule has 0 radical (unpaired) electrons. The molecule has 0 amide bonds. The van der Waals surface area contributed by atoms with Crippen molar-refractivity contribution in [2.75, 3.05) is 12.4 Å². The van der Waals surface area contributed by atoms with Gasteiger partial charge in [-0.3, -0.25) is 10.1 Å². The molecule has 0 aliphatic carbocycles. The lowest BCUT2D eigenvalue weighted by Crippen LogP contribution is -2.03. The van der Waals surface area contributed by atoms with E-state index in [0.29, 0.717) is 11.4 Å². The van der Waals surface area contributed by atoms with Crippen molar-refractivity contribution in [1.82, 2.24) is 9.97 Å². The van der Waals surface area contributed by atoms with Crippen molar-refractivity contribution in [3.05, 3.63) is 71.0 Å². The van der Waals surface area contributed by atoms with Gasteiger partial charge in [0.15, 0.2) is 0 Å².